The fraction of sp³-hybridized carbons (Fsp3) is 0.455. The third-order valence-electron chi connectivity index (χ3n) is 5.92. The van der Waals surface area contributed by atoms with Crippen molar-refractivity contribution < 1.29 is 23.7 Å². The van der Waals surface area contributed by atoms with Gasteiger partial charge in [0.1, 0.15) is 11.5 Å². The first-order valence-electron chi connectivity index (χ1n) is 9.80. The molecule has 0 aliphatic carbocycles. The van der Waals surface area contributed by atoms with Gasteiger partial charge in [0.25, 0.3) is 0 Å². The number of hydrogen-bond acceptors (Lipinski definition) is 6. The van der Waals surface area contributed by atoms with Crippen LogP contribution in [0.1, 0.15) is 24.0 Å². The van der Waals surface area contributed by atoms with Gasteiger partial charge in [0.05, 0.1) is 20.3 Å². The van der Waals surface area contributed by atoms with Crippen molar-refractivity contribution in [2.75, 3.05) is 40.2 Å². The van der Waals surface area contributed by atoms with Gasteiger partial charge in [-0.25, -0.2) is 0 Å². The van der Waals surface area contributed by atoms with Crippen LogP contribution in [0, 0.1) is 5.92 Å². The lowest BCUT2D eigenvalue weighted by atomic mass is 9.78. The van der Waals surface area contributed by atoms with E-state index in [9.17, 15) is 0 Å². The van der Waals surface area contributed by atoms with E-state index in [2.05, 4.69) is 30.0 Å². The third-order valence-corrected chi connectivity index (χ3v) is 5.92. The Balaban J connectivity index is 1.60. The minimum absolute atomic E-state index is 0.0204. The SMILES string of the molecule is COc1cccc(C2c3cc4c(cc3OC(N3CCOCC3)C2C)OCO4)c1. The normalized spacial score (nSPS) is 26.4. The molecule has 3 atom stereocenters. The Labute approximate surface area is 164 Å². The van der Waals surface area contributed by atoms with Crippen LogP contribution in [0.2, 0.25) is 0 Å². The number of ether oxygens (including phenoxy) is 5. The molecule has 0 saturated carbocycles. The molecule has 1 saturated heterocycles. The van der Waals surface area contributed by atoms with Gasteiger partial charge in [-0.3, -0.25) is 4.90 Å². The molecule has 0 bridgehead atoms. The van der Waals surface area contributed by atoms with Crippen molar-refractivity contribution in [2.24, 2.45) is 5.92 Å². The average molecular weight is 383 g/mol. The Hall–Kier alpha value is -2.44. The summed E-state index contributed by atoms with van der Waals surface area (Å²) >= 11 is 0. The smallest absolute Gasteiger partial charge is 0.231 e. The zero-order chi connectivity index (χ0) is 19.1. The molecule has 5 rings (SSSR count). The van der Waals surface area contributed by atoms with Crippen LogP contribution in [0.4, 0.5) is 0 Å². The number of hydrogen-bond donors (Lipinski definition) is 0. The number of methoxy groups -OCH3 is 1. The van der Waals surface area contributed by atoms with E-state index < -0.39 is 0 Å². The van der Waals surface area contributed by atoms with Crippen LogP contribution >= 0.6 is 0 Å². The van der Waals surface area contributed by atoms with E-state index in [1.54, 1.807) is 7.11 Å². The third kappa shape index (κ3) is 2.97. The van der Waals surface area contributed by atoms with Crippen LogP contribution in [-0.2, 0) is 4.74 Å². The standard InChI is InChI=1S/C22H25NO5/c1-14-21(15-4-3-5-16(10-15)24-2)17-11-19-20(27-13-26-19)12-18(17)28-22(14)23-6-8-25-9-7-23/h3-5,10-12,14,21-22H,6-9,13H2,1-2H3. The van der Waals surface area contributed by atoms with Gasteiger partial charge in [-0.15, -0.1) is 0 Å². The molecule has 3 heterocycles. The molecule has 1 fully saturated rings. The number of nitrogens with zero attached hydrogens (tertiary/aromatic N) is 1. The monoisotopic (exact) mass is 383 g/mol. The quantitative estimate of drug-likeness (QED) is 0.811. The second-order valence-electron chi connectivity index (χ2n) is 7.51. The van der Waals surface area contributed by atoms with Gasteiger partial charge in [-0.2, -0.15) is 0 Å². The molecule has 0 N–H and O–H groups in total. The van der Waals surface area contributed by atoms with Crippen LogP contribution < -0.4 is 18.9 Å². The summed E-state index contributed by atoms with van der Waals surface area (Å²) < 4.78 is 28.8. The van der Waals surface area contributed by atoms with Gasteiger partial charge in [-0.1, -0.05) is 19.1 Å². The first kappa shape index (κ1) is 17.6. The van der Waals surface area contributed by atoms with Crippen molar-refractivity contribution in [1.82, 2.24) is 4.90 Å². The largest absolute Gasteiger partial charge is 0.497 e. The van der Waals surface area contributed by atoms with E-state index in [-0.39, 0.29) is 24.9 Å². The molecule has 2 aromatic rings. The van der Waals surface area contributed by atoms with Crippen LogP contribution in [0.25, 0.3) is 0 Å². The fourth-order valence-electron chi connectivity index (χ4n) is 4.53. The number of rotatable bonds is 3. The van der Waals surface area contributed by atoms with Crippen LogP contribution in [0.15, 0.2) is 36.4 Å². The molecule has 6 nitrogen and oxygen atoms in total. The molecule has 6 heteroatoms. The molecule has 0 amide bonds. The first-order valence-corrected chi connectivity index (χ1v) is 9.80. The highest BCUT2D eigenvalue weighted by molar-refractivity contribution is 5.56. The fourth-order valence-corrected chi connectivity index (χ4v) is 4.53. The second kappa shape index (κ2) is 7.18. The Kier molecular flexibility index (Phi) is 4.53. The maximum Gasteiger partial charge on any atom is 0.231 e. The van der Waals surface area contributed by atoms with Gasteiger partial charge < -0.3 is 23.7 Å². The number of fused-ring (bicyclic) bond motifs is 2. The van der Waals surface area contributed by atoms with Crippen LogP contribution in [0.3, 0.4) is 0 Å². The van der Waals surface area contributed by atoms with Crippen molar-refractivity contribution in [2.45, 2.75) is 19.1 Å². The topological polar surface area (TPSA) is 49.4 Å². The summed E-state index contributed by atoms with van der Waals surface area (Å²) in [5.41, 5.74) is 2.35. The Bertz CT molecular complexity index is 864. The molecule has 0 radical (unpaired) electrons. The van der Waals surface area contributed by atoms with Crippen molar-refractivity contribution in [3.63, 3.8) is 0 Å². The Morgan fingerprint density at radius 3 is 2.57 bits per heavy atom. The molecule has 0 aromatic heterocycles. The maximum atomic E-state index is 6.52. The predicted molar refractivity (Wildman–Crippen MR) is 103 cm³/mol. The summed E-state index contributed by atoms with van der Waals surface area (Å²) in [6.07, 6.45) is -0.0204. The highest BCUT2D eigenvalue weighted by Crippen LogP contribution is 2.50. The van der Waals surface area contributed by atoms with Crippen molar-refractivity contribution >= 4 is 0 Å². The molecule has 28 heavy (non-hydrogen) atoms. The molecule has 3 unspecified atom stereocenters. The van der Waals surface area contributed by atoms with Crippen molar-refractivity contribution in [3.05, 3.63) is 47.5 Å². The predicted octanol–water partition coefficient (Wildman–Crippen LogP) is 3.24. The van der Waals surface area contributed by atoms with E-state index in [4.69, 9.17) is 23.7 Å². The zero-order valence-electron chi connectivity index (χ0n) is 16.2. The van der Waals surface area contributed by atoms with Crippen molar-refractivity contribution in [3.8, 4) is 23.0 Å². The van der Waals surface area contributed by atoms with Gasteiger partial charge in [0.2, 0.25) is 6.79 Å². The maximum absolute atomic E-state index is 6.52. The van der Waals surface area contributed by atoms with E-state index >= 15 is 0 Å². The lowest BCUT2D eigenvalue weighted by molar-refractivity contribution is -0.0784. The Morgan fingerprint density at radius 1 is 1.00 bits per heavy atom. The first-order chi connectivity index (χ1) is 13.7. The van der Waals surface area contributed by atoms with E-state index in [1.807, 2.05) is 18.2 Å². The molecular formula is C22H25NO5. The summed E-state index contributed by atoms with van der Waals surface area (Å²) in [7, 11) is 1.70. The van der Waals surface area contributed by atoms with Gasteiger partial charge in [-0.05, 0) is 23.8 Å². The molecule has 3 aliphatic heterocycles. The summed E-state index contributed by atoms with van der Waals surface area (Å²) in [6.45, 7) is 5.75. The molecule has 2 aromatic carbocycles. The second-order valence-corrected chi connectivity index (χ2v) is 7.51. The highest BCUT2D eigenvalue weighted by Gasteiger charge is 2.41. The van der Waals surface area contributed by atoms with Crippen molar-refractivity contribution in [1.29, 1.82) is 0 Å². The lowest BCUT2D eigenvalue weighted by Crippen LogP contribution is -2.52. The van der Waals surface area contributed by atoms with Gasteiger partial charge in [0.15, 0.2) is 17.7 Å². The highest BCUT2D eigenvalue weighted by atomic mass is 16.7. The minimum atomic E-state index is -0.0204. The Morgan fingerprint density at radius 2 is 1.79 bits per heavy atom. The molecule has 0 spiro atoms. The summed E-state index contributed by atoms with van der Waals surface area (Å²) in [4.78, 5) is 2.38. The lowest BCUT2D eigenvalue weighted by Gasteiger charge is -2.44. The van der Waals surface area contributed by atoms with Crippen LogP contribution in [-0.4, -0.2) is 51.3 Å². The van der Waals surface area contributed by atoms with Gasteiger partial charge in [0, 0.05) is 36.6 Å². The van der Waals surface area contributed by atoms with E-state index in [0.717, 1.165) is 54.9 Å². The minimum Gasteiger partial charge on any atom is -0.497 e. The van der Waals surface area contributed by atoms with E-state index in [1.165, 1.54) is 5.56 Å². The molecule has 148 valence electrons. The summed E-state index contributed by atoms with van der Waals surface area (Å²) in [5, 5.41) is 0. The molecular weight excluding hydrogens is 358 g/mol. The van der Waals surface area contributed by atoms with E-state index in [0.29, 0.717) is 0 Å². The zero-order valence-corrected chi connectivity index (χ0v) is 16.2. The average Bonchev–Trinajstić information content (AvgIpc) is 3.20. The van der Waals surface area contributed by atoms with Gasteiger partial charge >= 0.3 is 0 Å². The number of benzene rings is 2. The molecule has 3 aliphatic rings. The number of morpholine rings is 1. The van der Waals surface area contributed by atoms with Crippen LogP contribution in [0.5, 0.6) is 23.0 Å². The summed E-state index contributed by atoms with van der Waals surface area (Å²) in [5.74, 6) is 3.68. The summed E-state index contributed by atoms with van der Waals surface area (Å²) in [6, 6.07) is 12.4.